The van der Waals surface area contributed by atoms with Gasteiger partial charge in [0.15, 0.2) is 0 Å². The SMILES string of the molecule is CCCN(CC1CC1)C1CCCCCCCCCCC1N. The van der Waals surface area contributed by atoms with E-state index < -0.39 is 0 Å². The summed E-state index contributed by atoms with van der Waals surface area (Å²) in [6, 6.07) is 1.07. The molecule has 2 N–H and O–H groups in total. The Morgan fingerprint density at radius 1 is 0.810 bits per heavy atom. The molecular weight excluding hydrogens is 256 g/mol. The first-order valence-corrected chi connectivity index (χ1v) is 9.81. The molecule has 2 unspecified atom stereocenters. The molecule has 0 amide bonds. The van der Waals surface area contributed by atoms with Crippen molar-refractivity contribution in [1.29, 1.82) is 0 Å². The van der Waals surface area contributed by atoms with Crippen molar-refractivity contribution in [1.82, 2.24) is 4.90 Å². The standard InChI is InChI=1S/C19H38N2/c1-2-15-21(16-17-13-14-17)19-12-10-8-6-4-3-5-7-9-11-18(19)20/h17-19H,2-16,20H2,1H3. The Balaban J connectivity index is 1.90. The molecule has 2 saturated carbocycles. The summed E-state index contributed by atoms with van der Waals surface area (Å²) < 4.78 is 0. The van der Waals surface area contributed by atoms with E-state index in [0.717, 1.165) is 5.92 Å². The number of nitrogens with zero attached hydrogens (tertiary/aromatic N) is 1. The van der Waals surface area contributed by atoms with Crippen LogP contribution in [0.5, 0.6) is 0 Å². The lowest BCUT2D eigenvalue weighted by atomic mass is 9.93. The van der Waals surface area contributed by atoms with Crippen molar-refractivity contribution in [3.05, 3.63) is 0 Å². The third-order valence-electron chi connectivity index (χ3n) is 5.45. The van der Waals surface area contributed by atoms with Crippen LogP contribution in [0.15, 0.2) is 0 Å². The minimum absolute atomic E-state index is 0.412. The van der Waals surface area contributed by atoms with Crippen LogP contribution < -0.4 is 5.73 Å². The molecule has 0 heterocycles. The van der Waals surface area contributed by atoms with Gasteiger partial charge in [0.25, 0.3) is 0 Å². The molecule has 21 heavy (non-hydrogen) atoms. The molecule has 2 heteroatoms. The van der Waals surface area contributed by atoms with E-state index in [4.69, 9.17) is 5.73 Å². The minimum atomic E-state index is 0.412. The molecule has 2 aliphatic carbocycles. The van der Waals surface area contributed by atoms with E-state index in [0.29, 0.717) is 12.1 Å². The van der Waals surface area contributed by atoms with Gasteiger partial charge in [0.1, 0.15) is 0 Å². The van der Waals surface area contributed by atoms with Crippen molar-refractivity contribution in [3.63, 3.8) is 0 Å². The van der Waals surface area contributed by atoms with E-state index >= 15 is 0 Å². The highest BCUT2D eigenvalue weighted by molar-refractivity contribution is 4.86. The van der Waals surface area contributed by atoms with Crippen molar-refractivity contribution in [3.8, 4) is 0 Å². The summed E-state index contributed by atoms with van der Waals surface area (Å²) in [5.41, 5.74) is 6.64. The largest absolute Gasteiger partial charge is 0.326 e. The van der Waals surface area contributed by atoms with Crippen LogP contribution in [-0.2, 0) is 0 Å². The predicted molar refractivity (Wildman–Crippen MR) is 92.5 cm³/mol. The van der Waals surface area contributed by atoms with E-state index in [1.165, 1.54) is 96.6 Å². The molecule has 2 aliphatic rings. The number of rotatable bonds is 5. The number of hydrogen-bond acceptors (Lipinski definition) is 2. The van der Waals surface area contributed by atoms with E-state index in [1.54, 1.807) is 0 Å². The van der Waals surface area contributed by atoms with Gasteiger partial charge in [-0.2, -0.15) is 0 Å². The van der Waals surface area contributed by atoms with Gasteiger partial charge in [0.2, 0.25) is 0 Å². The first-order valence-electron chi connectivity index (χ1n) is 9.81. The van der Waals surface area contributed by atoms with E-state index in [-0.39, 0.29) is 0 Å². The molecule has 124 valence electrons. The lowest BCUT2D eigenvalue weighted by molar-refractivity contribution is 0.146. The third-order valence-corrected chi connectivity index (χ3v) is 5.45. The highest BCUT2D eigenvalue weighted by atomic mass is 15.2. The molecule has 0 spiro atoms. The molecule has 0 saturated heterocycles. The predicted octanol–water partition coefficient (Wildman–Crippen LogP) is 4.72. The zero-order chi connectivity index (χ0) is 14.9. The maximum absolute atomic E-state index is 6.64. The van der Waals surface area contributed by atoms with Crippen LogP contribution in [0, 0.1) is 5.92 Å². The van der Waals surface area contributed by atoms with Crippen molar-refractivity contribution < 1.29 is 0 Å². The molecule has 0 aliphatic heterocycles. The number of nitrogens with two attached hydrogens (primary N) is 1. The molecule has 2 fully saturated rings. The Hall–Kier alpha value is -0.0800. The van der Waals surface area contributed by atoms with Gasteiger partial charge in [0.05, 0.1) is 0 Å². The van der Waals surface area contributed by atoms with Gasteiger partial charge in [-0.05, 0) is 44.6 Å². The summed E-state index contributed by atoms with van der Waals surface area (Å²) in [4.78, 5) is 2.77. The molecular formula is C19H38N2. The highest BCUT2D eigenvalue weighted by Gasteiger charge is 2.30. The quantitative estimate of drug-likeness (QED) is 0.795. The average Bonchev–Trinajstić information content (AvgIpc) is 3.26. The fourth-order valence-electron chi connectivity index (χ4n) is 3.97. The lowest BCUT2D eigenvalue weighted by Gasteiger charge is -2.36. The van der Waals surface area contributed by atoms with Crippen LogP contribution in [0.4, 0.5) is 0 Å². The van der Waals surface area contributed by atoms with Crippen molar-refractivity contribution in [2.24, 2.45) is 11.7 Å². The fraction of sp³-hybridized carbons (Fsp3) is 1.00. The zero-order valence-electron chi connectivity index (χ0n) is 14.4. The van der Waals surface area contributed by atoms with Crippen molar-refractivity contribution >= 4 is 0 Å². The van der Waals surface area contributed by atoms with Crippen LogP contribution in [0.3, 0.4) is 0 Å². The molecule has 0 aromatic carbocycles. The van der Waals surface area contributed by atoms with Crippen molar-refractivity contribution in [2.45, 2.75) is 102 Å². The second kappa shape index (κ2) is 9.84. The van der Waals surface area contributed by atoms with Crippen LogP contribution in [0.2, 0.25) is 0 Å². The summed E-state index contributed by atoms with van der Waals surface area (Å²) in [6.07, 6.45) is 18.1. The van der Waals surface area contributed by atoms with Gasteiger partial charge in [-0.25, -0.2) is 0 Å². The Morgan fingerprint density at radius 2 is 1.38 bits per heavy atom. The summed E-state index contributed by atoms with van der Waals surface area (Å²) >= 11 is 0. The normalized spacial score (nSPS) is 29.9. The molecule has 0 radical (unpaired) electrons. The van der Waals surface area contributed by atoms with Gasteiger partial charge in [0, 0.05) is 18.6 Å². The topological polar surface area (TPSA) is 29.3 Å². The van der Waals surface area contributed by atoms with Gasteiger partial charge in [-0.3, -0.25) is 4.90 Å². The molecule has 0 bridgehead atoms. The Morgan fingerprint density at radius 3 is 1.95 bits per heavy atom. The Bertz CT molecular complexity index is 262. The summed E-state index contributed by atoms with van der Waals surface area (Å²) in [5.74, 6) is 0.991. The van der Waals surface area contributed by atoms with E-state index in [9.17, 15) is 0 Å². The first kappa shape index (κ1) is 17.3. The second-order valence-corrected chi connectivity index (χ2v) is 7.58. The highest BCUT2D eigenvalue weighted by Crippen LogP contribution is 2.31. The van der Waals surface area contributed by atoms with Gasteiger partial charge in [-0.15, -0.1) is 0 Å². The fourth-order valence-corrected chi connectivity index (χ4v) is 3.97. The maximum Gasteiger partial charge on any atom is 0.0247 e. The summed E-state index contributed by atoms with van der Waals surface area (Å²) in [5, 5.41) is 0. The maximum atomic E-state index is 6.64. The van der Waals surface area contributed by atoms with E-state index in [1.807, 2.05) is 0 Å². The second-order valence-electron chi connectivity index (χ2n) is 7.58. The molecule has 2 nitrogen and oxygen atoms in total. The summed E-state index contributed by atoms with van der Waals surface area (Å²) in [6.45, 7) is 4.90. The van der Waals surface area contributed by atoms with Crippen LogP contribution in [0.1, 0.15) is 90.4 Å². The van der Waals surface area contributed by atoms with Gasteiger partial charge in [-0.1, -0.05) is 58.3 Å². The third kappa shape index (κ3) is 6.69. The number of hydrogen-bond donors (Lipinski definition) is 1. The van der Waals surface area contributed by atoms with Crippen LogP contribution in [-0.4, -0.2) is 30.1 Å². The average molecular weight is 295 g/mol. The smallest absolute Gasteiger partial charge is 0.0247 e. The van der Waals surface area contributed by atoms with Gasteiger partial charge < -0.3 is 5.73 Å². The van der Waals surface area contributed by atoms with Gasteiger partial charge >= 0.3 is 0 Å². The van der Waals surface area contributed by atoms with Crippen molar-refractivity contribution in [2.75, 3.05) is 13.1 Å². The molecule has 0 aromatic heterocycles. The summed E-state index contributed by atoms with van der Waals surface area (Å²) in [7, 11) is 0. The lowest BCUT2D eigenvalue weighted by Crippen LogP contribution is -2.49. The zero-order valence-corrected chi connectivity index (χ0v) is 14.4. The van der Waals surface area contributed by atoms with Crippen LogP contribution in [0.25, 0.3) is 0 Å². The molecule has 0 aromatic rings. The molecule has 2 atom stereocenters. The first-order chi connectivity index (χ1) is 10.3. The van der Waals surface area contributed by atoms with Crippen LogP contribution >= 0.6 is 0 Å². The molecule has 2 rings (SSSR count). The monoisotopic (exact) mass is 294 g/mol. The minimum Gasteiger partial charge on any atom is -0.326 e. The van der Waals surface area contributed by atoms with E-state index in [2.05, 4.69) is 11.8 Å². The Labute approximate surface area is 132 Å². The Kier molecular flexibility index (Phi) is 8.10.